The SMILES string of the molecule is Cc1cccc(Cn2nccc2NC(=O)CN2C(=O)CSc3ccccc32)c1. The summed E-state index contributed by atoms with van der Waals surface area (Å²) in [6, 6.07) is 17.6. The second-order valence-corrected chi connectivity index (χ2v) is 7.66. The van der Waals surface area contributed by atoms with E-state index >= 15 is 0 Å². The highest BCUT2D eigenvalue weighted by molar-refractivity contribution is 8.00. The molecule has 2 aromatic carbocycles. The standard InChI is InChI=1S/C21H20N4O2S/c1-15-5-4-6-16(11-15)12-25-19(9-10-22-25)23-20(26)13-24-17-7-2-3-8-18(17)28-14-21(24)27/h2-11H,12-14H2,1H3,(H,23,26). The number of aromatic nitrogens is 2. The third kappa shape index (κ3) is 3.94. The van der Waals surface area contributed by atoms with Crippen molar-refractivity contribution in [3.8, 4) is 0 Å². The van der Waals surface area contributed by atoms with Gasteiger partial charge < -0.3 is 10.2 Å². The lowest BCUT2D eigenvalue weighted by Gasteiger charge is -2.28. The summed E-state index contributed by atoms with van der Waals surface area (Å²) in [4.78, 5) is 27.5. The Bertz CT molecular complexity index is 1030. The average Bonchev–Trinajstić information content (AvgIpc) is 3.10. The molecule has 28 heavy (non-hydrogen) atoms. The van der Waals surface area contributed by atoms with Gasteiger partial charge in [0.15, 0.2) is 0 Å². The van der Waals surface area contributed by atoms with Crippen LogP contribution in [0.15, 0.2) is 65.7 Å². The maximum Gasteiger partial charge on any atom is 0.245 e. The van der Waals surface area contributed by atoms with Gasteiger partial charge in [-0.3, -0.25) is 9.59 Å². The van der Waals surface area contributed by atoms with Crippen molar-refractivity contribution in [3.05, 3.63) is 71.9 Å². The number of thioether (sulfide) groups is 1. The highest BCUT2D eigenvalue weighted by atomic mass is 32.2. The molecule has 0 saturated carbocycles. The largest absolute Gasteiger partial charge is 0.309 e. The normalized spacial score (nSPS) is 13.3. The summed E-state index contributed by atoms with van der Waals surface area (Å²) < 4.78 is 1.74. The molecule has 3 aromatic rings. The summed E-state index contributed by atoms with van der Waals surface area (Å²) in [5.41, 5.74) is 3.07. The van der Waals surface area contributed by atoms with Crippen LogP contribution in [0.2, 0.25) is 0 Å². The molecule has 7 heteroatoms. The molecule has 1 aromatic heterocycles. The van der Waals surface area contributed by atoms with Crippen LogP contribution in [0.3, 0.4) is 0 Å². The second-order valence-electron chi connectivity index (χ2n) is 6.65. The highest BCUT2D eigenvalue weighted by Crippen LogP contribution is 2.34. The first-order valence-electron chi connectivity index (χ1n) is 8.99. The zero-order chi connectivity index (χ0) is 19.5. The number of amides is 2. The predicted octanol–water partition coefficient (Wildman–Crippen LogP) is 3.32. The fourth-order valence-corrected chi connectivity index (χ4v) is 4.14. The zero-order valence-electron chi connectivity index (χ0n) is 15.5. The van der Waals surface area contributed by atoms with Crippen molar-refractivity contribution < 1.29 is 9.59 Å². The number of aryl methyl sites for hydroxylation is 1. The van der Waals surface area contributed by atoms with Crippen LogP contribution in [0.5, 0.6) is 0 Å². The molecular formula is C21H20N4O2S. The molecular weight excluding hydrogens is 372 g/mol. The number of nitrogens with one attached hydrogen (secondary N) is 1. The predicted molar refractivity (Wildman–Crippen MR) is 111 cm³/mol. The van der Waals surface area contributed by atoms with Gasteiger partial charge in [0.1, 0.15) is 12.4 Å². The van der Waals surface area contributed by atoms with Crippen LogP contribution in [-0.2, 0) is 16.1 Å². The summed E-state index contributed by atoms with van der Waals surface area (Å²) in [6.07, 6.45) is 1.66. The fraction of sp³-hybridized carbons (Fsp3) is 0.190. The number of rotatable bonds is 5. The summed E-state index contributed by atoms with van der Waals surface area (Å²) in [5, 5.41) is 7.19. The number of hydrogen-bond donors (Lipinski definition) is 1. The Labute approximate surface area is 167 Å². The number of fused-ring (bicyclic) bond motifs is 1. The molecule has 0 fully saturated rings. The molecule has 0 saturated heterocycles. The van der Waals surface area contributed by atoms with Crippen molar-refractivity contribution in [1.82, 2.24) is 9.78 Å². The lowest BCUT2D eigenvalue weighted by Crippen LogP contribution is -2.41. The lowest BCUT2D eigenvalue weighted by molar-refractivity contribution is -0.120. The van der Waals surface area contributed by atoms with Crippen LogP contribution >= 0.6 is 11.8 Å². The molecule has 1 aliphatic heterocycles. The van der Waals surface area contributed by atoms with E-state index in [-0.39, 0.29) is 18.4 Å². The molecule has 142 valence electrons. The number of nitrogens with zero attached hydrogens (tertiary/aromatic N) is 3. The molecule has 0 bridgehead atoms. The number of anilines is 2. The molecule has 0 unspecified atom stereocenters. The number of para-hydroxylation sites is 1. The van der Waals surface area contributed by atoms with Crippen LogP contribution in [0, 0.1) is 6.92 Å². The van der Waals surface area contributed by atoms with Crippen LogP contribution in [0.25, 0.3) is 0 Å². The number of hydrogen-bond acceptors (Lipinski definition) is 4. The Hall–Kier alpha value is -3.06. The van der Waals surface area contributed by atoms with Gasteiger partial charge in [0, 0.05) is 11.0 Å². The number of carbonyl (C=O) groups is 2. The molecule has 0 aliphatic carbocycles. The van der Waals surface area contributed by atoms with Crippen molar-refractivity contribution in [3.63, 3.8) is 0 Å². The van der Waals surface area contributed by atoms with E-state index in [9.17, 15) is 9.59 Å². The van der Waals surface area contributed by atoms with Gasteiger partial charge in [-0.2, -0.15) is 5.10 Å². The van der Waals surface area contributed by atoms with E-state index < -0.39 is 0 Å². The van der Waals surface area contributed by atoms with E-state index in [0.717, 1.165) is 16.1 Å². The van der Waals surface area contributed by atoms with E-state index in [1.807, 2.05) is 49.4 Å². The smallest absolute Gasteiger partial charge is 0.245 e. The van der Waals surface area contributed by atoms with Crippen LogP contribution in [-0.4, -0.2) is 33.9 Å². The fourth-order valence-electron chi connectivity index (χ4n) is 3.20. The maximum atomic E-state index is 12.6. The molecule has 0 radical (unpaired) electrons. The van der Waals surface area contributed by atoms with Gasteiger partial charge in [-0.15, -0.1) is 11.8 Å². The van der Waals surface area contributed by atoms with Gasteiger partial charge in [-0.25, -0.2) is 4.68 Å². The van der Waals surface area contributed by atoms with Gasteiger partial charge in [-0.05, 0) is 24.6 Å². The van der Waals surface area contributed by atoms with Crippen LogP contribution in [0.1, 0.15) is 11.1 Å². The quantitative estimate of drug-likeness (QED) is 0.723. The average molecular weight is 392 g/mol. The Morgan fingerprint density at radius 2 is 2.04 bits per heavy atom. The molecule has 2 amide bonds. The maximum absolute atomic E-state index is 12.6. The minimum atomic E-state index is -0.249. The summed E-state index contributed by atoms with van der Waals surface area (Å²) >= 11 is 1.50. The van der Waals surface area contributed by atoms with Crippen LogP contribution < -0.4 is 10.2 Å². The zero-order valence-corrected chi connectivity index (χ0v) is 16.3. The van der Waals surface area contributed by atoms with E-state index in [1.54, 1.807) is 21.8 Å². The van der Waals surface area contributed by atoms with E-state index in [2.05, 4.69) is 16.5 Å². The lowest BCUT2D eigenvalue weighted by atomic mass is 10.1. The van der Waals surface area contributed by atoms with Crippen molar-refractivity contribution in [1.29, 1.82) is 0 Å². The van der Waals surface area contributed by atoms with Crippen molar-refractivity contribution in [2.24, 2.45) is 0 Å². The van der Waals surface area contributed by atoms with Gasteiger partial charge in [0.05, 0.1) is 24.2 Å². The third-order valence-corrected chi connectivity index (χ3v) is 5.56. The van der Waals surface area contributed by atoms with Crippen LogP contribution in [0.4, 0.5) is 11.5 Å². The first-order valence-corrected chi connectivity index (χ1v) is 9.98. The highest BCUT2D eigenvalue weighted by Gasteiger charge is 2.26. The first-order chi connectivity index (χ1) is 13.6. The minimum absolute atomic E-state index is 0.0218. The first kappa shape index (κ1) is 18.3. The summed E-state index contributed by atoms with van der Waals surface area (Å²) in [6.45, 7) is 2.58. The van der Waals surface area contributed by atoms with E-state index in [1.165, 1.54) is 17.3 Å². The van der Waals surface area contributed by atoms with Crippen molar-refractivity contribution in [2.75, 3.05) is 22.5 Å². The van der Waals surface area contributed by atoms with Gasteiger partial charge >= 0.3 is 0 Å². The number of benzene rings is 2. The van der Waals surface area contributed by atoms with Gasteiger partial charge in [0.25, 0.3) is 0 Å². The second kappa shape index (κ2) is 7.90. The van der Waals surface area contributed by atoms with Crippen molar-refractivity contribution in [2.45, 2.75) is 18.4 Å². The molecule has 6 nitrogen and oxygen atoms in total. The van der Waals surface area contributed by atoms with E-state index in [0.29, 0.717) is 18.1 Å². The summed E-state index contributed by atoms with van der Waals surface area (Å²) in [5.74, 6) is 0.641. The monoisotopic (exact) mass is 392 g/mol. The topological polar surface area (TPSA) is 67.2 Å². The van der Waals surface area contributed by atoms with Crippen molar-refractivity contribution >= 4 is 35.1 Å². The third-order valence-electron chi connectivity index (χ3n) is 4.51. The van der Waals surface area contributed by atoms with Gasteiger partial charge in [0.2, 0.25) is 11.8 Å². The Morgan fingerprint density at radius 3 is 2.89 bits per heavy atom. The molecule has 2 heterocycles. The molecule has 1 N–H and O–H groups in total. The van der Waals surface area contributed by atoms with E-state index in [4.69, 9.17) is 0 Å². The number of carbonyl (C=O) groups excluding carboxylic acids is 2. The Balaban J connectivity index is 1.47. The molecule has 4 rings (SSSR count). The Morgan fingerprint density at radius 1 is 1.18 bits per heavy atom. The molecule has 0 spiro atoms. The Kier molecular flexibility index (Phi) is 5.16. The molecule has 1 aliphatic rings. The minimum Gasteiger partial charge on any atom is -0.309 e. The van der Waals surface area contributed by atoms with Gasteiger partial charge in [-0.1, -0.05) is 42.0 Å². The summed E-state index contributed by atoms with van der Waals surface area (Å²) in [7, 11) is 0. The molecule has 0 atom stereocenters.